The molecule has 26 heavy (non-hydrogen) atoms. The van der Waals surface area contributed by atoms with Crippen LogP contribution in [-0.4, -0.2) is 39.3 Å². The normalized spacial score (nSPS) is 13.3. The number of benzene rings is 1. The predicted molar refractivity (Wildman–Crippen MR) is 121 cm³/mol. The molecule has 144 valence electrons. The Morgan fingerprint density at radius 2 is 1.77 bits per heavy atom. The SMILES string of the molecule is CN=C(NCC(C)Oc1ccccc1OC)NCC(C)c1cccs1.I. The summed E-state index contributed by atoms with van der Waals surface area (Å²) in [6.45, 7) is 5.70. The zero-order valence-electron chi connectivity index (χ0n) is 15.7. The maximum Gasteiger partial charge on any atom is 0.191 e. The summed E-state index contributed by atoms with van der Waals surface area (Å²) in [7, 11) is 3.42. The first-order valence-corrected chi connectivity index (χ1v) is 9.29. The van der Waals surface area contributed by atoms with Gasteiger partial charge in [-0.2, -0.15) is 0 Å². The summed E-state index contributed by atoms with van der Waals surface area (Å²) in [5.41, 5.74) is 0. The molecule has 0 amide bonds. The summed E-state index contributed by atoms with van der Waals surface area (Å²) in [5.74, 6) is 2.70. The Kier molecular flexibility index (Phi) is 10.4. The molecule has 1 heterocycles. The van der Waals surface area contributed by atoms with E-state index in [1.807, 2.05) is 31.2 Å². The molecule has 2 aromatic rings. The van der Waals surface area contributed by atoms with Crippen LogP contribution in [0.5, 0.6) is 11.5 Å². The van der Waals surface area contributed by atoms with Crippen LogP contribution in [0.2, 0.25) is 0 Å². The first-order valence-electron chi connectivity index (χ1n) is 8.41. The molecule has 0 saturated carbocycles. The molecule has 1 aromatic carbocycles. The van der Waals surface area contributed by atoms with Gasteiger partial charge in [-0.25, -0.2) is 0 Å². The van der Waals surface area contributed by atoms with Gasteiger partial charge in [-0.1, -0.05) is 25.1 Å². The van der Waals surface area contributed by atoms with E-state index in [1.54, 1.807) is 25.5 Å². The lowest BCUT2D eigenvalue weighted by Crippen LogP contribution is -2.42. The van der Waals surface area contributed by atoms with Crippen molar-refractivity contribution < 1.29 is 9.47 Å². The molecule has 0 radical (unpaired) electrons. The highest BCUT2D eigenvalue weighted by molar-refractivity contribution is 14.0. The summed E-state index contributed by atoms with van der Waals surface area (Å²) >= 11 is 1.78. The average molecular weight is 489 g/mol. The zero-order valence-corrected chi connectivity index (χ0v) is 18.8. The molecule has 2 rings (SSSR count). The molecule has 0 aliphatic carbocycles. The van der Waals surface area contributed by atoms with Crippen LogP contribution in [0.1, 0.15) is 24.6 Å². The molecule has 0 saturated heterocycles. The lowest BCUT2D eigenvalue weighted by Gasteiger charge is -2.20. The Morgan fingerprint density at radius 1 is 1.08 bits per heavy atom. The van der Waals surface area contributed by atoms with Crippen molar-refractivity contribution in [2.75, 3.05) is 27.2 Å². The highest BCUT2D eigenvalue weighted by Gasteiger charge is 2.11. The van der Waals surface area contributed by atoms with Gasteiger partial charge < -0.3 is 20.1 Å². The first kappa shape index (κ1) is 22.6. The third-order valence-electron chi connectivity index (χ3n) is 3.78. The van der Waals surface area contributed by atoms with Gasteiger partial charge in [0, 0.05) is 24.4 Å². The number of methoxy groups -OCH3 is 1. The summed E-state index contributed by atoms with van der Waals surface area (Å²) < 4.78 is 11.3. The van der Waals surface area contributed by atoms with Gasteiger partial charge in [-0.3, -0.25) is 4.99 Å². The van der Waals surface area contributed by atoms with Gasteiger partial charge in [0.15, 0.2) is 17.5 Å². The standard InChI is InChI=1S/C19H27N3O2S.HI/c1-14(18-10-7-11-25-18)12-21-19(20-3)22-13-15(2)24-17-9-6-5-8-16(17)23-4;/h5-11,14-15H,12-13H2,1-4H3,(H2,20,21,22);1H. The smallest absolute Gasteiger partial charge is 0.191 e. The highest BCUT2D eigenvalue weighted by Crippen LogP contribution is 2.26. The monoisotopic (exact) mass is 489 g/mol. The van der Waals surface area contributed by atoms with E-state index in [0.29, 0.717) is 12.5 Å². The third kappa shape index (κ3) is 7.03. The summed E-state index contributed by atoms with van der Waals surface area (Å²) in [5, 5.41) is 8.78. The number of guanidine groups is 1. The molecule has 0 bridgehead atoms. The van der Waals surface area contributed by atoms with E-state index >= 15 is 0 Å². The second kappa shape index (κ2) is 12.0. The number of halogens is 1. The number of ether oxygens (including phenoxy) is 2. The third-order valence-corrected chi connectivity index (χ3v) is 4.89. The number of rotatable bonds is 8. The number of para-hydroxylation sites is 2. The van der Waals surface area contributed by atoms with Crippen LogP contribution in [-0.2, 0) is 0 Å². The molecule has 2 unspecified atom stereocenters. The van der Waals surface area contributed by atoms with Crippen molar-refractivity contribution in [3.63, 3.8) is 0 Å². The molecule has 7 heteroatoms. The van der Waals surface area contributed by atoms with E-state index in [-0.39, 0.29) is 30.1 Å². The summed E-state index contributed by atoms with van der Waals surface area (Å²) in [4.78, 5) is 5.64. The maximum atomic E-state index is 5.95. The van der Waals surface area contributed by atoms with Crippen LogP contribution in [0.3, 0.4) is 0 Å². The lowest BCUT2D eigenvalue weighted by atomic mass is 10.1. The molecule has 2 atom stereocenters. The summed E-state index contributed by atoms with van der Waals surface area (Å²) in [6.07, 6.45) is -0.0235. The lowest BCUT2D eigenvalue weighted by molar-refractivity contribution is 0.213. The van der Waals surface area contributed by atoms with E-state index < -0.39 is 0 Å². The molecular formula is C19H28IN3O2S. The van der Waals surface area contributed by atoms with E-state index in [0.717, 1.165) is 24.0 Å². The molecule has 0 aliphatic heterocycles. The fourth-order valence-corrected chi connectivity index (χ4v) is 3.14. The van der Waals surface area contributed by atoms with Crippen LogP contribution in [0.15, 0.2) is 46.8 Å². The summed E-state index contributed by atoms with van der Waals surface area (Å²) in [6, 6.07) is 11.9. The van der Waals surface area contributed by atoms with E-state index in [2.05, 4.69) is 40.1 Å². The Morgan fingerprint density at radius 3 is 2.38 bits per heavy atom. The van der Waals surface area contributed by atoms with E-state index in [9.17, 15) is 0 Å². The molecular weight excluding hydrogens is 461 g/mol. The Labute approximate surface area is 177 Å². The number of aliphatic imine (C=N–C) groups is 1. The number of nitrogens with zero attached hydrogens (tertiary/aromatic N) is 1. The van der Waals surface area contributed by atoms with Gasteiger partial charge in [0.05, 0.1) is 13.7 Å². The van der Waals surface area contributed by atoms with E-state index in [1.165, 1.54) is 4.88 Å². The van der Waals surface area contributed by atoms with Gasteiger partial charge in [-0.05, 0) is 30.5 Å². The van der Waals surface area contributed by atoms with E-state index in [4.69, 9.17) is 9.47 Å². The zero-order chi connectivity index (χ0) is 18.1. The van der Waals surface area contributed by atoms with Gasteiger partial charge in [0.2, 0.25) is 0 Å². The predicted octanol–water partition coefficient (Wildman–Crippen LogP) is 4.11. The molecule has 1 aromatic heterocycles. The van der Waals surface area contributed by atoms with Crippen molar-refractivity contribution in [3.8, 4) is 11.5 Å². The maximum absolute atomic E-state index is 5.95. The number of thiophene rings is 1. The van der Waals surface area contributed by atoms with Crippen LogP contribution >= 0.6 is 35.3 Å². The van der Waals surface area contributed by atoms with Crippen molar-refractivity contribution in [1.82, 2.24) is 10.6 Å². The van der Waals surface area contributed by atoms with Crippen molar-refractivity contribution in [2.24, 2.45) is 4.99 Å². The Bertz CT molecular complexity index is 665. The Balaban J connectivity index is 0.00000338. The Hall–Kier alpha value is -1.48. The highest BCUT2D eigenvalue weighted by atomic mass is 127. The van der Waals surface area contributed by atoms with Crippen molar-refractivity contribution in [3.05, 3.63) is 46.7 Å². The first-order chi connectivity index (χ1) is 12.1. The average Bonchev–Trinajstić information content (AvgIpc) is 3.17. The minimum absolute atomic E-state index is 0. The van der Waals surface area contributed by atoms with Gasteiger partial charge >= 0.3 is 0 Å². The fourth-order valence-electron chi connectivity index (χ4n) is 2.36. The molecule has 2 N–H and O–H groups in total. The largest absolute Gasteiger partial charge is 0.493 e. The second-order valence-corrected chi connectivity index (χ2v) is 6.81. The number of nitrogens with one attached hydrogen (secondary N) is 2. The van der Waals surface area contributed by atoms with Crippen LogP contribution in [0.25, 0.3) is 0 Å². The van der Waals surface area contributed by atoms with Crippen LogP contribution < -0.4 is 20.1 Å². The van der Waals surface area contributed by atoms with Gasteiger partial charge in [-0.15, -0.1) is 35.3 Å². The van der Waals surface area contributed by atoms with Crippen LogP contribution in [0, 0.1) is 0 Å². The molecule has 0 aliphatic rings. The second-order valence-electron chi connectivity index (χ2n) is 5.83. The van der Waals surface area contributed by atoms with Crippen molar-refractivity contribution >= 4 is 41.3 Å². The van der Waals surface area contributed by atoms with Crippen LogP contribution in [0.4, 0.5) is 0 Å². The topological polar surface area (TPSA) is 54.9 Å². The fraction of sp³-hybridized carbons (Fsp3) is 0.421. The van der Waals surface area contributed by atoms with Gasteiger partial charge in [0.1, 0.15) is 6.10 Å². The van der Waals surface area contributed by atoms with Gasteiger partial charge in [0.25, 0.3) is 0 Å². The minimum Gasteiger partial charge on any atom is -0.493 e. The molecule has 5 nitrogen and oxygen atoms in total. The number of hydrogen-bond donors (Lipinski definition) is 2. The molecule has 0 fully saturated rings. The number of hydrogen-bond acceptors (Lipinski definition) is 4. The van der Waals surface area contributed by atoms with Crippen molar-refractivity contribution in [1.29, 1.82) is 0 Å². The minimum atomic E-state index is -0.0235. The quantitative estimate of drug-likeness (QED) is 0.333. The molecule has 0 spiro atoms. The van der Waals surface area contributed by atoms with Crippen molar-refractivity contribution in [2.45, 2.75) is 25.9 Å².